The van der Waals surface area contributed by atoms with E-state index in [0.717, 1.165) is 11.1 Å². The number of aryl methyl sites for hydroxylation is 1. The molecule has 6 aliphatic heterocycles. The van der Waals surface area contributed by atoms with Crippen molar-refractivity contribution in [1.82, 2.24) is 24.5 Å². The first-order valence-electron chi connectivity index (χ1n) is 32.5. The van der Waals surface area contributed by atoms with Gasteiger partial charge in [0.25, 0.3) is 5.91 Å². The summed E-state index contributed by atoms with van der Waals surface area (Å²) in [6, 6.07) is 20.6. The van der Waals surface area contributed by atoms with Crippen molar-refractivity contribution in [3.63, 3.8) is 0 Å². The number of likely N-dealkylation sites (N-methyl/N-ethyl adjacent to an activating group) is 2. The van der Waals surface area contributed by atoms with Gasteiger partial charge < -0.3 is 78.3 Å². The van der Waals surface area contributed by atoms with Gasteiger partial charge in [0.1, 0.15) is 22.8 Å². The summed E-state index contributed by atoms with van der Waals surface area (Å²) in [6.07, 6.45) is -1.40. The van der Waals surface area contributed by atoms with Crippen molar-refractivity contribution in [2.45, 2.75) is 146 Å². The number of benzene rings is 3. The Bertz CT molecular complexity index is 3580. The Kier molecular flexibility index (Phi) is 24.2. The highest BCUT2D eigenvalue weighted by molar-refractivity contribution is 6.09. The maximum atomic E-state index is 13.1. The first-order valence-corrected chi connectivity index (χ1v) is 32.5. The van der Waals surface area contributed by atoms with Gasteiger partial charge >= 0.3 is 35.8 Å². The molecule has 27 heteroatoms. The highest BCUT2D eigenvalue weighted by atomic mass is 16.7. The molecule has 0 aliphatic carbocycles. The van der Waals surface area contributed by atoms with E-state index in [1.165, 1.54) is 31.4 Å². The summed E-state index contributed by atoms with van der Waals surface area (Å²) >= 11 is 0. The summed E-state index contributed by atoms with van der Waals surface area (Å²) in [5, 5.41) is 33.2. The predicted octanol–water partition coefficient (Wildman–Crippen LogP) is 5.57. The zero-order chi connectivity index (χ0) is 73.7. The molecule has 536 valence electrons. The van der Waals surface area contributed by atoms with Crippen LogP contribution in [0.5, 0.6) is 5.75 Å². The van der Waals surface area contributed by atoms with E-state index in [1.54, 1.807) is 153 Å². The molecule has 3 aromatic carbocycles. The van der Waals surface area contributed by atoms with Crippen molar-refractivity contribution in [3.05, 3.63) is 112 Å². The zero-order valence-corrected chi connectivity index (χ0v) is 59.2. The van der Waals surface area contributed by atoms with Crippen LogP contribution in [0.1, 0.15) is 125 Å². The first-order chi connectivity index (χ1) is 46.2. The number of nitrogens with zero attached hydrogens (tertiary/aromatic N) is 5. The highest BCUT2D eigenvalue weighted by Gasteiger charge is 2.60. The van der Waals surface area contributed by atoms with Crippen LogP contribution in [0.4, 0.5) is 5.69 Å². The molecule has 9 atom stereocenters. The van der Waals surface area contributed by atoms with Crippen LogP contribution in [0.25, 0.3) is 16.7 Å². The fraction of sp³-hybridized carbons (Fsp3) is 0.514. The number of hydrogen-bond donors (Lipinski definition) is 4. The zero-order valence-electron chi connectivity index (χ0n) is 59.2. The second-order valence-corrected chi connectivity index (χ2v) is 28.6. The van der Waals surface area contributed by atoms with Gasteiger partial charge in [-0.3, -0.25) is 38.4 Å². The van der Waals surface area contributed by atoms with Crippen molar-refractivity contribution in [2.24, 2.45) is 34.0 Å². The second-order valence-electron chi connectivity index (χ2n) is 28.6. The minimum Gasteiger partial charge on any atom is -0.484 e. The number of aliphatic hydroxyl groups is 3. The molecule has 5 amide bonds. The number of ether oxygens (including phenoxy) is 7. The average Bonchev–Trinajstić information content (AvgIpc) is 1.59. The van der Waals surface area contributed by atoms with Crippen LogP contribution in [0.15, 0.2) is 89.9 Å². The number of rotatable bonds is 21. The number of anilines is 1. The fourth-order valence-corrected chi connectivity index (χ4v) is 11.8. The molecule has 0 spiro atoms. The summed E-state index contributed by atoms with van der Waals surface area (Å²) in [5.41, 5.74) is 3.69. The second kappa shape index (κ2) is 31.2. The lowest BCUT2D eigenvalue weighted by molar-refractivity contribution is -0.175. The average molecular weight is 1380 g/mol. The van der Waals surface area contributed by atoms with Crippen molar-refractivity contribution >= 4 is 87.8 Å². The summed E-state index contributed by atoms with van der Waals surface area (Å²) in [5.74, 6) is -6.57. The maximum Gasteiger partial charge on any atom is 0.358 e. The van der Waals surface area contributed by atoms with Crippen LogP contribution in [0.3, 0.4) is 0 Å². The van der Waals surface area contributed by atoms with Gasteiger partial charge in [0.2, 0.25) is 44.0 Å². The Labute approximate surface area is 575 Å². The smallest absolute Gasteiger partial charge is 0.358 e. The van der Waals surface area contributed by atoms with Crippen molar-refractivity contribution in [3.8, 4) is 5.75 Å². The van der Waals surface area contributed by atoms with Gasteiger partial charge in [-0.1, -0.05) is 54.1 Å². The number of fused-ring (bicyclic) bond motifs is 3. The van der Waals surface area contributed by atoms with E-state index in [9.17, 15) is 68.1 Å². The molecule has 3 fully saturated rings. The molecule has 0 aromatic heterocycles. The topological polar surface area (TPSA) is 341 Å². The van der Waals surface area contributed by atoms with E-state index in [0.29, 0.717) is 58.5 Å². The van der Waals surface area contributed by atoms with Crippen molar-refractivity contribution in [1.29, 1.82) is 0 Å². The predicted molar refractivity (Wildman–Crippen MR) is 357 cm³/mol. The summed E-state index contributed by atoms with van der Waals surface area (Å²) in [7, 11) is 6.59. The number of β-lactam (4-membered cyclic amide) rings is 3. The molecule has 3 saturated heterocycles. The molecule has 0 radical (unpaired) electrons. The Morgan fingerprint density at radius 1 is 0.485 bits per heavy atom. The summed E-state index contributed by atoms with van der Waals surface area (Å²) in [6.45, 7) is 20.0. The molecule has 0 saturated carbocycles. The van der Waals surface area contributed by atoms with E-state index in [4.69, 9.17) is 33.2 Å². The molecule has 99 heavy (non-hydrogen) atoms. The normalized spacial score (nSPS) is 20.7. The van der Waals surface area contributed by atoms with Crippen molar-refractivity contribution in [2.75, 3.05) is 67.0 Å². The van der Waals surface area contributed by atoms with E-state index in [1.807, 2.05) is 31.2 Å². The highest BCUT2D eigenvalue weighted by Crippen LogP contribution is 2.50. The number of aliphatic hydroxyl groups excluding tert-OH is 3. The maximum absolute atomic E-state index is 13.1. The van der Waals surface area contributed by atoms with E-state index < -0.39 is 115 Å². The molecular weight excluding hydrogens is 1280 g/mol. The summed E-state index contributed by atoms with van der Waals surface area (Å²) in [4.78, 5) is 144. The number of amides is 5. The van der Waals surface area contributed by atoms with Crippen LogP contribution < -0.4 is 10.1 Å². The van der Waals surface area contributed by atoms with Gasteiger partial charge in [0, 0.05) is 33.9 Å². The summed E-state index contributed by atoms with van der Waals surface area (Å²) < 4.78 is 36.3. The van der Waals surface area contributed by atoms with Crippen molar-refractivity contribution < 1.29 is 101 Å². The molecule has 3 aromatic rings. The van der Waals surface area contributed by atoms with Crippen LogP contribution in [0, 0.1) is 40.9 Å². The number of carbonyl (C=O) groups excluding carboxylic acids is 11. The number of nitrogens with one attached hydrogen (secondary N) is 1. The van der Waals surface area contributed by atoms with Gasteiger partial charge in [0.05, 0.1) is 77.0 Å². The van der Waals surface area contributed by atoms with Gasteiger partial charge in [-0.25, -0.2) is 14.4 Å². The monoisotopic (exact) mass is 1380 g/mol. The van der Waals surface area contributed by atoms with E-state index in [-0.39, 0.29) is 71.9 Å². The number of carbonyl (C=O) groups is 11. The standard InChI is InChI=1S/C25H33N3O7.C25H32N2O8.C22H27NO6/c1-14(29)20-18-11-17(15-8-7-9-16(10-15)26-12-19(30)27(5)6)21(28(18)22(20)31)23(32)34-13-35-24(33)25(2,3)4;1-14(28)20-18-11-17(15-8-7-9-16(10-15)33-12-19(29)26(5)6)21(27(18)22(20)30)23(31)34-13-35-24(32)25(2,3)4;1-12-7-6-8-14(9-12)15-10-16-17(13(2)24)19(25)23(16)18(15)20(26)28-11-29-21(27)22(3,4)5/h7-10,14,18,20,26,29H,11-13H2,1-6H3;7-10,14,18,20,28H,11-13H2,1-6H3;6-9,13,16-17,24H,10-11H2,1-5H3/t2*14-,18-,20-;13-,16-,17-/m111/s1. The van der Waals surface area contributed by atoms with Crippen LogP contribution >= 0.6 is 0 Å². The Morgan fingerprint density at radius 3 is 1.15 bits per heavy atom. The van der Waals surface area contributed by atoms with Gasteiger partial charge in [-0.15, -0.1) is 0 Å². The quantitative estimate of drug-likeness (QED) is 0.0438. The molecule has 0 bridgehead atoms. The van der Waals surface area contributed by atoms with E-state index >= 15 is 0 Å². The fourth-order valence-electron chi connectivity index (χ4n) is 11.8. The minimum atomic E-state index is -0.875. The first kappa shape index (κ1) is 76.9. The van der Waals surface area contributed by atoms with Gasteiger partial charge in [0.15, 0.2) is 6.61 Å². The van der Waals surface area contributed by atoms with Gasteiger partial charge in [-0.2, -0.15) is 0 Å². The van der Waals surface area contributed by atoms with Crippen LogP contribution in [-0.2, 0) is 81.2 Å². The SMILES string of the molecule is C[C@@H](O)[C@H]1C(=O)N2C(C(=O)OCOC(=O)C(C)(C)C)=C(c3cccc(NCC(=O)N(C)C)c3)C[C@H]12.C[C@@H](O)[C@H]1C(=O)N2C(C(=O)OCOC(=O)C(C)(C)C)=C(c3cccc(OCC(=O)N(C)C)c3)C[C@H]12.Cc1cccc(C2=C(C(=O)OCOC(=O)C(C)(C)C)N3C(=O)[C@H]([C@@H](C)O)[C@H]3C2)c1. The van der Waals surface area contributed by atoms with E-state index in [2.05, 4.69) is 5.32 Å². The lowest BCUT2D eigenvalue weighted by Gasteiger charge is -2.44. The minimum absolute atomic E-state index is 0.0465. The molecule has 6 aliphatic rings. The molecule has 9 rings (SSSR count). The third kappa shape index (κ3) is 17.5. The number of esters is 6. The third-order valence-electron chi connectivity index (χ3n) is 17.3. The third-order valence-corrected chi connectivity index (χ3v) is 17.3. The molecule has 0 unspecified atom stereocenters. The number of hydrogen-bond acceptors (Lipinski definition) is 22. The molecule has 4 N–H and O–H groups in total. The Morgan fingerprint density at radius 2 is 0.818 bits per heavy atom. The molecule has 27 nitrogen and oxygen atoms in total. The largest absolute Gasteiger partial charge is 0.484 e. The lowest BCUT2D eigenvalue weighted by atomic mass is 9.82. The lowest BCUT2D eigenvalue weighted by Crippen LogP contribution is -2.61. The molecular formula is C72H92N6O21. The van der Waals surface area contributed by atoms with Crippen LogP contribution in [-0.4, -0.2) is 203 Å². The van der Waals surface area contributed by atoms with Crippen LogP contribution in [0.2, 0.25) is 0 Å². The molecule has 6 heterocycles. The van der Waals surface area contributed by atoms with Gasteiger partial charge in [-0.05, 0) is 167 Å². The Balaban J connectivity index is 0.000000210. The Hall–Kier alpha value is -9.47.